The first-order chi connectivity index (χ1) is 24.7. The molecule has 7 aromatic carbocycles. The van der Waals surface area contributed by atoms with Gasteiger partial charge in [0.2, 0.25) is 0 Å². The zero-order valence-corrected chi connectivity index (χ0v) is 26.7. The van der Waals surface area contributed by atoms with Crippen LogP contribution in [0.1, 0.15) is 0 Å². The van der Waals surface area contributed by atoms with Crippen LogP contribution in [0.4, 0.5) is 0 Å². The van der Waals surface area contributed by atoms with Gasteiger partial charge in [0, 0.05) is 44.3 Å². The smallest absolute Gasteiger partial charge is 0.164 e. The highest BCUT2D eigenvalue weighted by atomic mass is 16.3. The third-order valence-electron chi connectivity index (χ3n) is 9.32. The van der Waals surface area contributed by atoms with Gasteiger partial charge in [-0.2, -0.15) is 0 Å². The van der Waals surface area contributed by atoms with Crippen molar-refractivity contribution in [3.63, 3.8) is 0 Å². The van der Waals surface area contributed by atoms with Crippen molar-refractivity contribution in [2.24, 2.45) is 0 Å². The summed E-state index contributed by atoms with van der Waals surface area (Å²) in [6.07, 6.45) is 0. The standard InChI is InChI=1S/C45H27N3O2/c1-4-11-28(12-5-1)32-19-21-39-35(24-32)37-26-38-36-25-33(20-22-40(36)50-42(38)27-41(37)49-39)31-17-10-18-34(23-31)45-47-43(29-13-6-2-7-14-29)46-44(48-45)30-15-8-3-9-16-30/h1-27H. The second-order valence-electron chi connectivity index (χ2n) is 12.5. The van der Waals surface area contributed by atoms with E-state index >= 15 is 0 Å². The molecule has 3 heterocycles. The van der Waals surface area contributed by atoms with Crippen LogP contribution < -0.4 is 0 Å². The third-order valence-corrected chi connectivity index (χ3v) is 9.32. The Hall–Kier alpha value is -6.85. The molecule has 0 fully saturated rings. The number of benzene rings is 7. The van der Waals surface area contributed by atoms with Crippen molar-refractivity contribution in [1.82, 2.24) is 15.0 Å². The van der Waals surface area contributed by atoms with Crippen LogP contribution in [0.15, 0.2) is 173 Å². The molecule has 0 saturated carbocycles. The van der Waals surface area contributed by atoms with Crippen molar-refractivity contribution in [3.05, 3.63) is 164 Å². The van der Waals surface area contributed by atoms with Crippen LogP contribution in [0.5, 0.6) is 0 Å². The summed E-state index contributed by atoms with van der Waals surface area (Å²) in [5.41, 5.74) is 10.6. The highest BCUT2D eigenvalue weighted by molar-refractivity contribution is 6.16. The average Bonchev–Trinajstić information content (AvgIpc) is 3.74. The lowest BCUT2D eigenvalue weighted by atomic mass is 9.99. The molecule has 5 nitrogen and oxygen atoms in total. The summed E-state index contributed by atoms with van der Waals surface area (Å²) >= 11 is 0. The van der Waals surface area contributed by atoms with Crippen LogP contribution in [0.2, 0.25) is 0 Å². The first-order valence-corrected chi connectivity index (χ1v) is 16.6. The highest BCUT2D eigenvalue weighted by Crippen LogP contribution is 2.39. The van der Waals surface area contributed by atoms with E-state index in [0.29, 0.717) is 17.5 Å². The summed E-state index contributed by atoms with van der Waals surface area (Å²) in [7, 11) is 0. The van der Waals surface area contributed by atoms with Gasteiger partial charge in [-0.05, 0) is 58.7 Å². The molecular formula is C45H27N3O2. The van der Waals surface area contributed by atoms with Gasteiger partial charge in [0.1, 0.15) is 22.3 Å². The molecule has 10 aromatic rings. The van der Waals surface area contributed by atoms with E-state index in [1.807, 2.05) is 72.8 Å². The fourth-order valence-electron chi connectivity index (χ4n) is 6.81. The molecule has 0 aliphatic heterocycles. The van der Waals surface area contributed by atoms with Gasteiger partial charge in [-0.3, -0.25) is 0 Å². The maximum atomic E-state index is 6.36. The Balaban J connectivity index is 1.09. The Labute approximate surface area is 287 Å². The van der Waals surface area contributed by atoms with E-state index in [-0.39, 0.29) is 0 Å². The number of hydrogen-bond donors (Lipinski definition) is 0. The van der Waals surface area contributed by atoms with Crippen LogP contribution in [-0.2, 0) is 0 Å². The molecular weight excluding hydrogens is 615 g/mol. The topological polar surface area (TPSA) is 65.0 Å². The summed E-state index contributed by atoms with van der Waals surface area (Å²) in [4.78, 5) is 14.7. The highest BCUT2D eigenvalue weighted by Gasteiger charge is 2.16. The monoisotopic (exact) mass is 641 g/mol. The number of fused-ring (bicyclic) bond motifs is 6. The molecule has 0 atom stereocenters. The lowest BCUT2D eigenvalue weighted by Gasteiger charge is -2.09. The molecule has 0 spiro atoms. The SMILES string of the molecule is c1ccc(-c2ccc3oc4cc5oc6ccc(-c7cccc(-c8nc(-c9ccccc9)nc(-c9ccccc9)n8)c7)cc6c5cc4c3c2)cc1. The minimum Gasteiger partial charge on any atom is -0.456 e. The summed E-state index contributed by atoms with van der Waals surface area (Å²) < 4.78 is 12.6. The Morgan fingerprint density at radius 3 is 1.20 bits per heavy atom. The average molecular weight is 642 g/mol. The van der Waals surface area contributed by atoms with Crippen LogP contribution in [0, 0.1) is 0 Å². The van der Waals surface area contributed by atoms with Crippen molar-refractivity contribution in [1.29, 1.82) is 0 Å². The maximum absolute atomic E-state index is 6.36. The van der Waals surface area contributed by atoms with Gasteiger partial charge in [0.15, 0.2) is 17.5 Å². The largest absolute Gasteiger partial charge is 0.456 e. The number of furan rings is 2. The van der Waals surface area contributed by atoms with Gasteiger partial charge < -0.3 is 8.83 Å². The van der Waals surface area contributed by atoms with E-state index in [1.54, 1.807) is 0 Å². The van der Waals surface area contributed by atoms with Crippen molar-refractivity contribution in [2.75, 3.05) is 0 Å². The summed E-state index contributed by atoms with van der Waals surface area (Å²) in [5, 5.41) is 4.26. The maximum Gasteiger partial charge on any atom is 0.164 e. The number of hydrogen-bond acceptors (Lipinski definition) is 5. The minimum atomic E-state index is 0.624. The number of nitrogens with zero attached hydrogens (tertiary/aromatic N) is 3. The predicted octanol–water partition coefficient (Wildman–Crippen LogP) is 12.0. The molecule has 0 radical (unpaired) electrons. The lowest BCUT2D eigenvalue weighted by Crippen LogP contribution is -2.00. The van der Waals surface area contributed by atoms with Crippen LogP contribution in [-0.4, -0.2) is 15.0 Å². The first-order valence-electron chi connectivity index (χ1n) is 16.6. The Kier molecular flexibility index (Phi) is 6.42. The number of aromatic nitrogens is 3. The zero-order chi connectivity index (χ0) is 33.0. The Bertz CT molecular complexity index is 2800. The molecule has 0 amide bonds. The van der Waals surface area contributed by atoms with Crippen molar-refractivity contribution >= 4 is 43.9 Å². The van der Waals surface area contributed by atoms with Crippen LogP contribution in [0.3, 0.4) is 0 Å². The van der Waals surface area contributed by atoms with Gasteiger partial charge in [-0.1, -0.05) is 121 Å². The van der Waals surface area contributed by atoms with Crippen molar-refractivity contribution < 1.29 is 8.83 Å². The van der Waals surface area contributed by atoms with E-state index < -0.39 is 0 Å². The second kappa shape index (κ2) is 11.4. The minimum absolute atomic E-state index is 0.624. The molecule has 0 bridgehead atoms. The predicted molar refractivity (Wildman–Crippen MR) is 202 cm³/mol. The summed E-state index contributed by atoms with van der Waals surface area (Å²) in [6.45, 7) is 0. The molecule has 0 N–H and O–H groups in total. The second-order valence-corrected chi connectivity index (χ2v) is 12.5. The van der Waals surface area contributed by atoms with Gasteiger partial charge in [-0.25, -0.2) is 15.0 Å². The molecule has 0 aliphatic rings. The summed E-state index contributed by atoms with van der Waals surface area (Å²) in [6, 6.07) is 55.9. The van der Waals surface area contributed by atoms with E-state index in [2.05, 4.69) is 91.0 Å². The molecule has 10 rings (SSSR count). The van der Waals surface area contributed by atoms with Gasteiger partial charge in [0.05, 0.1) is 0 Å². The van der Waals surface area contributed by atoms with Crippen LogP contribution >= 0.6 is 0 Å². The van der Waals surface area contributed by atoms with Crippen molar-refractivity contribution in [3.8, 4) is 56.4 Å². The summed E-state index contributed by atoms with van der Waals surface area (Å²) in [5.74, 6) is 1.90. The number of rotatable bonds is 5. The quantitative estimate of drug-likeness (QED) is 0.187. The Morgan fingerprint density at radius 1 is 0.260 bits per heavy atom. The molecule has 234 valence electrons. The fraction of sp³-hybridized carbons (Fsp3) is 0. The van der Waals surface area contributed by atoms with Gasteiger partial charge in [-0.15, -0.1) is 0 Å². The third kappa shape index (κ3) is 4.83. The fourth-order valence-corrected chi connectivity index (χ4v) is 6.81. The zero-order valence-electron chi connectivity index (χ0n) is 26.7. The molecule has 0 saturated heterocycles. The molecule has 3 aromatic heterocycles. The first kappa shape index (κ1) is 28.2. The van der Waals surface area contributed by atoms with Gasteiger partial charge >= 0.3 is 0 Å². The van der Waals surface area contributed by atoms with E-state index in [0.717, 1.165) is 77.3 Å². The van der Waals surface area contributed by atoms with Crippen LogP contribution in [0.25, 0.3) is 100 Å². The Morgan fingerprint density at radius 2 is 0.660 bits per heavy atom. The lowest BCUT2D eigenvalue weighted by molar-refractivity contribution is 0.656. The molecule has 0 aliphatic carbocycles. The van der Waals surface area contributed by atoms with E-state index in [1.165, 1.54) is 5.56 Å². The van der Waals surface area contributed by atoms with Gasteiger partial charge in [0.25, 0.3) is 0 Å². The van der Waals surface area contributed by atoms with Crippen molar-refractivity contribution in [2.45, 2.75) is 0 Å². The van der Waals surface area contributed by atoms with E-state index in [4.69, 9.17) is 23.8 Å². The molecule has 5 heteroatoms. The molecule has 50 heavy (non-hydrogen) atoms. The normalized spacial score (nSPS) is 11.6. The van der Waals surface area contributed by atoms with E-state index in [9.17, 15) is 0 Å². The molecule has 0 unspecified atom stereocenters.